The molecule has 1 aliphatic rings. The van der Waals surface area contributed by atoms with Gasteiger partial charge in [0.2, 0.25) is 23.6 Å². The van der Waals surface area contributed by atoms with E-state index in [1.54, 1.807) is 71.0 Å². The molecular formula is C31H41N5O7S2. The molecule has 8 N–H and O–H groups in total. The maximum absolute atomic E-state index is 13.6. The van der Waals surface area contributed by atoms with Gasteiger partial charge in [-0.1, -0.05) is 71.0 Å². The van der Waals surface area contributed by atoms with Crippen molar-refractivity contribution < 1.29 is 34.2 Å². The van der Waals surface area contributed by atoms with Gasteiger partial charge in [0, 0.05) is 10.7 Å². The third kappa shape index (κ3) is 9.62. The molecule has 0 spiro atoms. The van der Waals surface area contributed by atoms with E-state index in [-0.39, 0.29) is 12.2 Å². The second-order valence-electron chi connectivity index (χ2n) is 12.0. The third-order valence-electron chi connectivity index (χ3n) is 7.52. The van der Waals surface area contributed by atoms with Gasteiger partial charge in [-0.25, -0.2) is 4.79 Å². The number of carboxylic acids is 1. The van der Waals surface area contributed by atoms with Crippen molar-refractivity contribution in [1.82, 2.24) is 21.3 Å². The lowest BCUT2D eigenvalue weighted by atomic mass is 9.91. The molecular weight excluding hydrogens is 619 g/mol. The Morgan fingerprint density at radius 3 is 2.16 bits per heavy atom. The number of carboxylic acid groups (broad SMARTS) is 1. The minimum atomic E-state index is -1.37. The Hall–Kier alpha value is -3.75. The first-order valence-electron chi connectivity index (χ1n) is 14.4. The molecule has 1 heterocycles. The molecule has 0 radical (unpaired) electrons. The Morgan fingerprint density at radius 2 is 1.56 bits per heavy atom. The van der Waals surface area contributed by atoms with Gasteiger partial charge in [0.25, 0.3) is 0 Å². The highest BCUT2D eigenvalue weighted by Crippen LogP contribution is 2.46. The lowest BCUT2D eigenvalue weighted by Crippen LogP contribution is -2.62. The van der Waals surface area contributed by atoms with Crippen molar-refractivity contribution in [3.05, 3.63) is 65.7 Å². The number of phenols is 1. The number of nitrogens with one attached hydrogen (secondary N) is 4. The Kier molecular flexibility index (Phi) is 11.9. The predicted molar refractivity (Wildman–Crippen MR) is 174 cm³/mol. The van der Waals surface area contributed by atoms with E-state index in [4.69, 9.17) is 5.73 Å². The van der Waals surface area contributed by atoms with Crippen LogP contribution in [0.25, 0.3) is 0 Å². The quantitative estimate of drug-likeness (QED) is 0.215. The van der Waals surface area contributed by atoms with Crippen molar-refractivity contribution in [2.24, 2.45) is 5.73 Å². The maximum atomic E-state index is 13.6. The average molecular weight is 660 g/mol. The van der Waals surface area contributed by atoms with E-state index in [1.807, 2.05) is 6.07 Å². The van der Waals surface area contributed by atoms with E-state index in [0.29, 0.717) is 5.56 Å². The highest BCUT2D eigenvalue weighted by molar-refractivity contribution is 8.77. The zero-order chi connectivity index (χ0) is 33.5. The van der Waals surface area contributed by atoms with Gasteiger partial charge in [0.1, 0.15) is 23.9 Å². The van der Waals surface area contributed by atoms with Crippen LogP contribution in [0.15, 0.2) is 54.6 Å². The summed E-state index contributed by atoms with van der Waals surface area (Å²) in [5.41, 5.74) is 7.63. The number of amides is 4. The fraction of sp³-hybridized carbons (Fsp3) is 0.452. The van der Waals surface area contributed by atoms with Gasteiger partial charge in [-0.15, -0.1) is 0 Å². The van der Waals surface area contributed by atoms with Crippen LogP contribution < -0.4 is 27.0 Å². The monoisotopic (exact) mass is 659 g/mol. The highest BCUT2D eigenvalue weighted by atomic mass is 33.1. The molecule has 45 heavy (non-hydrogen) atoms. The Morgan fingerprint density at radius 1 is 0.956 bits per heavy atom. The van der Waals surface area contributed by atoms with Gasteiger partial charge in [-0.2, -0.15) is 0 Å². The zero-order valence-corrected chi connectivity index (χ0v) is 27.5. The number of carbonyl (C=O) groups excluding carboxylic acids is 4. The predicted octanol–water partition coefficient (Wildman–Crippen LogP) is 1.67. The van der Waals surface area contributed by atoms with Crippen molar-refractivity contribution in [3.8, 4) is 5.75 Å². The van der Waals surface area contributed by atoms with Gasteiger partial charge in [0.05, 0.1) is 17.3 Å². The van der Waals surface area contributed by atoms with Crippen molar-refractivity contribution in [1.29, 1.82) is 0 Å². The van der Waals surface area contributed by atoms with Gasteiger partial charge in [0.15, 0.2) is 0 Å². The summed E-state index contributed by atoms with van der Waals surface area (Å²) in [6.07, 6.45) is 0.138. The number of hydrogen-bond donors (Lipinski definition) is 7. The zero-order valence-electron chi connectivity index (χ0n) is 25.8. The number of carbonyl (C=O) groups is 5. The lowest BCUT2D eigenvalue weighted by molar-refractivity contribution is -0.143. The minimum Gasteiger partial charge on any atom is -0.508 e. The van der Waals surface area contributed by atoms with Crippen LogP contribution >= 0.6 is 21.6 Å². The molecule has 14 heteroatoms. The number of rotatable bonds is 7. The summed E-state index contributed by atoms with van der Waals surface area (Å²) in [7, 11) is 2.32. The van der Waals surface area contributed by atoms with E-state index in [1.165, 1.54) is 22.9 Å². The third-order valence-corrected chi connectivity index (χ3v) is 11.8. The number of aromatic hydroxyl groups is 1. The molecule has 2 aromatic carbocycles. The van der Waals surface area contributed by atoms with Gasteiger partial charge < -0.3 is 37.2 Å². The van der Waals surface area contributed by atoms with E-state index >= 15 is 0 Å². The number of benzene rings is 2. The molecule has 244 valence electrons. The fourth-order valence-corrected chi connectivity index (χ4v) is 7.53. The van der Waals surface area contributed by atoms with Crippen LogP contribution in [0.1, 0.15) is 51.7 Å². The van der Waals surface area contributed by atoms with Gasteiger partial charge in [-0.05, 0) is 57.4 Å². The molecule has 0 bridgehead atoms. The smallest absolute Gasteiger partial charge is 0.327 e. The standard InChI is InChI=1S/C31H41N5O7S2/c1-17(19-9-7-6-8-10-19)23-27(40)36-25(29(42)43)31(4,5)45-44-30(2,3)24(28(41)33-16-22(38)34-23)35-26(39)21(32)15-18-11-13-20(37)14-12-18/h6-14,17,21,23-25,37H,15-16,32H2,1-5H3,(H,33,41)(H,34,38)(H,35,39)(H,36,40)(H,42,43)/t17-,21-,23+,24-,25?/m0/s1. The van der Waals surface area contributed by atoms with Crippen LogP contribution in [0, 0.1) is 0 Å². The number of phenolic OH excluding ortho intramolecular Hbond substituents is 1. The fourth-order valence-electron chi connectivity index (χ4n) is 4.72. The number of aliphatic carboxylic acids is 1. The van der Waals surface area contributed by atoms with Crippen LogP contribution in [-0.4, -0.2) is 80.0 Å². The van der Waals surface area contributed by atoms with Crippen LogP contribution in [0.3, 0.4) is 0 Å². The first-order valence-corrected chi connectivity index (χ1v) is 16.5. The summed E-state index contributed by atoms with van der Waals surface area (Å²) in [6, 6.07) is 10.5. The Balaban J connectivity index is 1.91. The van der Waals surface area contributed by atoms with Crippen molar-refractivity contribution in [2.75, 3.05) is 6.54 Å². The molecule has 0 saturated carbocycles. The summed E-state index contributed by atoms with van der Waals surface area (Å²) in [4.78, 5) is 65.9. The Bertz CT molecular complexity index is 1390. The van der Waals surface area contributed by atoms with Crippen LogP contribution in [0.5, 0.6) is 5.75 Å². The average Bonchev–Trinajstić information content (AvgIpc) is 2.99. The molecule has 12 nitrogen and oxygen atoms in total. The summed E-state index contributed by atoms with van der Waals surface area (Å²) in [5.74, 6) is -4.37. The van der Waals surface area contributed by atoms with Crippen molar-refractivity contribution in [3.63, 3.8) is 0 Å². The first kappa shape index (κ1) is 35.7. The van der Waals surface area contributed by atoms with Crippen LogP contribution in [0.4, 0.5) is 0 Å². The number of hydrogen-bond acceptors (Lipinski definition) is 9. The van der Waals surface area contributed by atoms with E-state index in [2.05, 4.69) is 21.3 Å². The molecule has 0 aromatic heterocycles. The molecule has 1 saturated heterocycles. The molecule has 2 aromatic rings. The molecule has 4 amide bonds. The van der Waals surface area contributed by atoms with Crippen molar-refractivity contribution >= 4 is 51.2 Å². The largest absolute Gasteiger partial charge is 0.508 e. The highest BCUT2D eigenvalue weighted by Gasteiger charge is 2.44. The van der Waals surface area contributed by atoms with Gasteiger partial charge >= 0.3 is 5.97 Å². The molecule has 1 aliphatic heterocycles. The molecule has 5 atom stereocenters. The van der Waals surface area contributed by atoms with Crippen LogP contribution in [-0.2, 0) is 30.4 Å². The van der Waals surface area contributed by atoms with Crippen molar-refractivity contribution in [2.45, 2.75) is 80.6 Å². The Labute approximate surface area is 270 Å². The lowest BCUT2D eigenvalue weighted by Gasteiger charge is -2.38. The second kappa shape index (κ2) is 15.0. The van der Waals surface area contributed by atoms with E-state index in [9.17, 15) is 34.2 Å². The van der Waals surface area contributed by atoms with Crippen LogP contribution in [0.2, 0.25) is 0 Å². The topological polar surface area (TPSA) is 200 Å². The molecule has 1 fully saturated rings. The van der Waals surface area contributed by atoms with Gasteiger partial charge in [-0.3, -0.25) is 19.2 Å². The molecule has 3 rings (SSSR count). The molecule has 0 aliphatic carbocycles. The van der Waals surface area contributed by atoms with E-state index < -0.39 is 75.7 Å². The first-order chi connectivity index (χ1) is 21.0. The summed E-state index contributed by atoms with van der Waals surface area (Å²) in [5, 5.41) is 30.3. The summed E-state index contributed by atoms with van der Waals surface area (Å²) < 4.78 is -2.16. The summed E-state index contributed by atoms with van der Waals surface area (Å²) in [6.45, 7) is 7.95. The minimum absolute atomic E-state index is 0.0713. The normalized spacial score (nSPS) is 23.7. The van der Waals surface area contributed by atoms with E-state index in [0.717, 1.165) is 16.4 Å². The second-order valence-corrected chi connectivity index (χ2v) is 15.5. The number of nitrogens with two attached hydrogens (primary N) is 1. The maximum Gasteiger partial charge on any atom is 0.327 e. The molecule has 1 unspecified atom stereocenters. The summed E-state index contributed by atoms with van der Waals surface area (Å²) >= 11 is 0. The SMILES string of the molecule is C[C@@H](c1ccccc1)[C@H]1NC(=O)CNC(=O)[C@H](NC(=O)[C@@H](N)Cc2ccc(O)cc2)C(C)(C)SSC(C)(C)C(C(=O)O)NC1=O.